The van der Waals surface area contributed by atoms with Crippen molar-refractivity contribution in [3.8, 4) is 5.75 Å². The van der Waals surface area contributed by atoms with Crippen LogP contribution in [0.5, 0.6) is 5.75 Å². The predicted octanol–water partition coefficient (Wildman–Crippen LogP) is 1.52. The SMILES string of the molecule is COc1ccc(Cl)cc1CNC(=O)CSc1nnc2nc[nH]n12. The van der Waals surface area contributed by atoms with Crippen LogP contribution in [-0.4, -0.2) is 43.6 Å². The Morgan fingerprint density at radius 1 is 1.48 bits per heavy atom. The van der Waals surface area contributed by atoms with Crippen molar-refractivity contribution in [2.75, 3.05) is 12.9 Å². The lowest BCUT2D eigenvalue weighted by Gasteiger charge is -2.10. The van der Waals surface area contributed by atoms with Crippen LogP contribution in [0.1, 0.15) is 5.56 Å². The molecule has 2 N–H and O–H groups in total. The number of fused-ring (bicyclic) bond motifs is 1. The van der Waals surface area contributed by atoms with Crippen molar-refractivity contribution in [3.05, 3.63) is 35.1 Å². The Labute approximate surface area is 140 Å². The van der Waals surface area contributed by atoms with Gasteiger partial charge in [0.25, 0.3) is 5.78 Å². The quantitative estimate of drug-likeness (QED) is 0.653. The number of halogens is 1. The van der Waals surface area contributed by atoms with Crippen LogP contribution in [0.15, 0.2) is 29.7 Å². The summed E-state index contributed by atoms with van der Waals surface area (Å²) in [5.41, 5.74) is 0.816. The van der Waals surface area contributed by atoms with Gasteiger partial charge in [0.1, 0.15) is 12.1 Å². The van der Waals surface area contributed by atoms with Gasteiger partial charge >= 0.3 is 0 Å². The summed E-state index contributed by atoms with van der Waals surface area (Å²) >= 11 is 7.23. The first kappa shape index (κ1) is 15.6. The van der Waals surface area contributed by atoms with Gasteiger partial charge in [0.2, 0.25) is 11.1 Å². The summed E-state index contributed by atoms with van der Waals surface area (Å²) in [5, 5.41) is 14.7. The van der Waals surface area contributed by atoms with Crippen molar-refractivity contribution in [2.24, 2.45) is 0 Å². The number of nitrogens with zero attached hydrogens (tertiary/aromatic N) is 4. The summed E-state index contributed by atoms with van der Waals surface area (Å²) in [6, 6.07) is 5.27. The summed E-state index contributed by atoms with van der Waals surface area (Å²) < 4.78 is 6.85. The van der Waals surface area contributed by atoms with Crippen molar-refractivity contribution in [1.82, 2.24) is 30.1 Å². The van der Waals surface area contributed by atoms with E-state index in [2.05, 4.69) is 25.6 Å². The van der Waals surface area contributed by atoms with E-state index >= 15 is 0 Å². The maximum Gasteiger partial charge on any atom is 0.272 e. The molecular formula is C13H13ClN6O2S. The number of hydrogen-bond donors (Lipinski definition) is 2. The van der Waals surface area contributed by atoms with Gasteiger partial charge < -0.3 is 10.1 Å². The lowest BCUT2D eigenvalue weighted by molar-refractivity contribution is -0.118. The summed E-state index contributed by atoms with van der Waals surface area (Å²) in [6.07, 6.45) is 1.51. The van der Waals surface area contributed by atoms with Crippen molar-refractivity contribution >= 4 is 35.0 Å². The smallest absolute Gasteiger partial charge is 0.272 e. The zero-order chi connectivity index (χ0) is 16.2. The number of methoxy groups -OCH3 is 1. The van der Waals surface area contributed by atoms with E-state index in [1.807, 2.05) is 0 Å². The van der Waals surface area contributed by atoms with Crippen LogP contribution in [-0.2, 0) is 11.3 Å². The second-order valence-electron chi connectivity index (χ2n) is 4.53. The second kappa shape index (κ2) is 6.88. The Hall–Kier alpha value is -2.26. The zero-order valence-corrected chi connectivity index (χ0v) is 13.7. The van der Waals surface area contributed by atoms with Crippen LogP contribution in [0, 0.1) is 0 Å². The summed E-state index contributed by atoms with van der Waals surface area (Å²) in [4.78, 5) is 15.9. The molecule has 0 aliphatic rings. The number of ether oxygens (including phenoxy) is 1. The minimum atomic E-state index is -0.131. The van der Waals surface area contributed by atoms with Gasteiger partial charge in [-0.15, -0.1) is 10.2 Å². The average molecular weight is 353 g/mol. The molecule has 3 rings (SSSR count). The molecule has 0 saturated carbocycles. The highest BCUT2D eigenvalue weighted by molar-refractivity contribution is 7.99. The molecule has 10 heteroatoms. The normalized spacial score (nSPS) is 10.9. The number of nitrogens with one attached hydrogen (secondary N) is 2. The van der Waals surface area contributed by atoms with E-state index in [4.69, 9.17) is 16.3 Å². The highest BCUT2D eigenvalue weighted by atomic mass is 35.5. The molecule has 120 valence electrons. The molecule has 0 saturated heterocycles. The minimum absolute atomic E-state index is 0.131. The lowest BCUT2D eigenvalue weighted by atomic mass is 10.2. The fourth-order valence-corrected chi connectivity index (χ4v) is 2.88. The Kier molecular flexibility index (Phi) is 4.68. The fourth-order valence-electron chi connectivity index (χ4n) is 1.96. The Morgan fingerprint density at radius 2 is 2.35 bits per heavy atom. The van der Waals surface area contributed by atoms with Gasteiger partial charge in [-0.25, -0.2) is 0 Å². The standard InChI is InChI=1S/C13H13ClN6O2S/c1-22-10-3-2-9(14)4-8(10)5-15-11(21)6-23-13-19-18-12-16-7-17-20(12)13/h2-4,7H,5-6H2,1H3,(H,15,21)(H,16,17,18). The molecule has 3 aromatic rings. The first-order valence-corrected chi connectivity index (χ1v) is 8.00. The molecule has 1 aromatic carbocycles. The van der Waals surface area contributed by atoms with Crippen LogP contribution in [0.2, 0.25) is 5.02 Å². The molecule has 0 fully saturated rings. The topological polar surface area (TPSA) is 97.2 Å². The Morgan fingerprint density at radius 3 is 3.17 bits per heavy atom. The molecule has 0 spiro atoms. The molecule has 0 unspecified atom stereocenters. The summed E-state index contributed by atoms with van der Waals surface area (Å²) in [7, 11) is 1.57. The monoisotopic (exact) mass is 352 g/mol. The second-order valence-corrected chi connectivity index (χ2v) is 5.91. The summed E-state index contributed by atoms with van der Waals surface area (Å²) in [5.74, 6) is 1.23. The molecule has 0 bridgehead atoms. The number of amides is 1. The molecule has 0 atom stereocenters. The average Bonchev–Trinajstić information content (AvgIpc) is 3.15. The number of H-pyrrole nitrogens is 1. The number of benzene rings is 1. The molecular weight excluding hydrogens is 340 g/mol. The van der Waals surface area contributed by atoms with E-state index in [1.54, 1.807) is 29.8 Å². The van der Waals surface area contributed by atoms with Crippen molar-refractivity contribution in [3.63, 3.8) is 0 Å². The number of rotatable bonds is 6. The fraction of sp³-hybridized carbons (Fsp3) is 0.231. The Bertz CT molecular complexity index is 833. The molecule has 8 nitrogen and oxygen atoms in total. The van der Waals surface area contributed by atoms with Crippen LogP contribution in [0.4, 0.5) is 0 Å². The van der Waals surface area contributed by atoms with Gasteiger partial charge in [0, 0.05) is 17.1 Å². The van der Waals surface area contributed by atoms with E-state index in [1.165, 1.54) is 18.1 Å². The van der Waals surface area contributed by atoms with E-state index in [-0.39, 0.29) is 11.7 Å². The van der Waals surface area contributed by atoms with E-state index in [0.717, 1.165) is 5.56 Å². The highest BCUT2D eigenvalue weighted by Gasteiger charge is 2.11. The van der Waals surface area contributed by atoms with Gasteiger partial charge in [0.05, 0.1) is 12.9 Å². The zero-order valence-electron chi connectivity index (χ0n) is 12.1. The number of carbonyl (C=O) groups is 1. The molecule has 2 heterocycles. The third kappa shape index (κ3) is 3.57. The third-order valence-electron chi connectivity index (χ3n) is 3.03. The molecule has 1 amide bonds. The van der Waals surface area contributed by atoms with Crippen molar-refractivity contribution < 1.29 is 9.53 Å². The number of thioether (sulfide) groups is 1. The van der Waals surface area contributed by atoms with Crippen LogP contribution >= 0.6 is 23.4 Å². The van der Waals surface area contributed by atoms with Crippen LogP contribution in [0.3, 0.4) is 0 Å². The lowest BCUT2D eigenvalue weighted by Crippen LogP contribution is -2.25. The van der Waals surface area contributed by atoms with Crippen LogP contribution < -0.4 is 10.1 Å². The maximum atomic E-state index is 12.0. The van der Waals surface area contributed by atoms with E-state index in [9.17, 15) is 4.79 Å². The van der Waals surface area contributed by atoms with Crippen molar-refractivity contribution in [2.45, 2.75) is 11.7 Å². The summed E-state index contributed by atoms with van der Waals surface area (Å²) in [6.45, 7) is 0.336. The van der Waals surface area contributed by atoms with E-state index in [0.29, 0.717) is 28.3 Å². The number of aromatic amines is 1. The Balaban J connectivity index is 1.56. The van der Waals surface area contributed by atoms with Crippen molar-refractivity contribution in [1.29, 1.82) is 0 Å². The molecule has 0 radical (unpaired) electrons. The minimum Gasteiger partial charge on any atom is -0.496 e. The number of hydrogen-bond acceptors (Lipinski definition) is 6. The van der Waals surface area contributed by atoms with Crippen LogP contribution in [0.25, 0.3) is 5.78 Å². The maximum absolute atomic E-state index is 12.0. The first-order valence-electron chi connectivity index (χ1n) is 6.64. The molecule has 0 aliphatic heterocycles. The first-order chi connectivity index (χ1) is 11.2. The predicted molar refractivity (Wildman–Crippen MR) is 85.7 cm³/mol. The molecule has 2 aromatic heterocycles. The van der Waals surface area contributed by atoms with Gasteiger partial charge in [0.15, 0.2) is 0 Å². The number of aromatic nitrogens is 5. The third-order valence-corrected chi connectivity index (χ3v) is 4.20. The van der Waals surface area contributed by atoms with Gasteiger partial charge in [-0.1, -0.05) is 23.4 Å². The van der Waals surface area contributed by atoms with Gasteiger partial charge in [-0.05, 0) is 18.2 Å². The van der Waals surface area contributed by atoms with E-state index < -0.39 is 0 Å². The highest BCUT2D eigenvalue weighted by Crippen LogP contribution is 2.22. The largest absolute Gasteiger partial charge is 0.496 e. The van der Waals surface area contributed by atoms with Gasteiger partial charge in [-0.3, -0.25) is 9.89 Å². The molecule has 23 heavy (non-hydrogen) atoms. The molecule has 0 aliphatic carbocycles. The van der Waals surface area contributed by atoms with Gasteiger partial charge in [-0.2, -0.15) is 9.50 Å². The number of carbonyl (C=O) groups excluding carboxylic acids is 1.